The second-order valence-corrected chi connectivity index (χ2v) is 3.55. The van der Waals surface area contributed by atoms with Gasteiger partial charge in [-0.1, -0.05) is 0 Å². The fourth-order valence-corrected chi connectivity index (χ4v) is 1.25. The van der Waals surface area contributed by atoms with Crippen LogP contribution in [0.15, 0.2) is 18.2 Å². The van der Waals surface area contributed by atoms with Crippen molar-refractivity contribution in [3.63, 3.8) is 0 Å². The number of rotatable bonds is 5. The Morgan fingerprint density at radius 3 is 2.88 bits per heavy atom. The molecule has 0 spiro atoms. The largest absolute Gasteiger partial charge is 0.496 e. The van der Waals surface area contributed by atoms with E-state index in [-0.39, 0.29) is 11.6 Å². The number of nitro groups is 1. The Morgan fingerprint density at radius 2 is 2.35 bits per heavy atom. The predicted molar refractivity (Wildman–Crippen MR) is 62.9 cm³/mol. The molecule has 0 radical (unpaired) electrons. The lowest BCUT2D eigenvalue weighted by molar-refractivity contribution is -0.384. The smallest absolute Gasteiger partial charge is 0.296 e. The van der Waals surface area contributed by atoms with Gasteiger partial charge in [-0.3, -0.25) is 10.1 Å². The van der Waals surface area contributed by atoms with E-state index >= 15 is 0 Å². The van der Waals surface area contributed by atoms with Gasteiger partial charge in [-0.05, 0) is 19.1 Å². The van der Waals surface area contributed by atoms with Crippen LogP contribution in [0, 0.1) is 27.4 Å². The lowest BCUT2D eigenvalue weighted by Crippen LogP contribution is -2.10. The summed E-state index contributed by atoms with van der Waals surface area (Å²) in [4.78, 5) is 10.4. The number of anilines is 1. The quantitative estimate of drug-likeness (QED) is 0.624. The zero-order valence-corrected chi connectivity index (χ0v) is 9.64. The fraction of sp³-hybridized carbons (Fsp3) is 0.364. The summed E-state index contributed by atoms with van der Waals surface area (Å²) in [6.07, 6.45) is 0. The molecule has 0 bridgehead atoms. The molecule has 0 aliphatic heterocycles. The van der Waals surface area contributed by atoms with E-state index in [1.807, 2.05) is 6.07 Å². The standard InChI is InChI=1S/C11H13N3O3/c1-8(6-12)7-13-10-4-3-9(17-2)5-11(10)14(15)16/h3-5,8,13H,7H2,1-2H3. The summed E-state index contributed by atoms with van der Waals surface area (Å²) in [5.41, 5.74) is 0.326. The second-order valence-electron chi connectivity index (χ2n) is 3.55. The highest BCUT2D eigenvalue weighted by molar-refractivity contribution is 5.63. The Kier molecular flexibility index (Phi) is 4.29. The number of methoxy groups -OCH3 is 1. The van der Waals surface area contributed by atoms with E-state index in [0.717, 1.165) is 0 Å². The first kappa shape index (κ1) is 12.8. The molecule has 6 heteroatoms. The lowest BCUT2D eigenvalue weighted by Gasteiger charge is -2.09. The van der Waals surface area contributed by atoms with E-state index in [2.05, 4.69) is 5.32 Å². The summed E-state index contributed by atoms with van der Waals surface area (Å²) in [6.45, 7) is 2.10. The van der Waals surface area contributed by atoms with Crippen molar-refractivity contribution in [3.05, 3.63) is 28.3 Å². The molecule has 0 aliphatic rings. The number of nitriles is 1. The summed E-state index contributed by atoms with van der Waals surface area (Å²) in [7, 11) is 1.45. The molecular weight excluding hydrogens is 222 g/mol. The number of hydrogen-bond donors (Lipinski definition) is 1. The number of nitrogens with one attached hydrogen (secondary N) is 1. The maximum Gasteiger partial charge on any atom is 0.296 e. The topological polar surface area (TPSA) is 88.2 Å². The molecule has 0 aliphatic carbocycles. The summed E-state index contributed by atoms with van der Waals surface area (Å²) in [5, 5.41) is 22.4. The summed E-state index contributed by atoms with van der Waals surface area (Å²) in [5.74, 6) is 0.215. The van der Waals surface area contributed by atoms with E-state index in [1.165, 1.54) is 13.2 Å². The Morgan fingerprint density at radius 1 is 1.65 bits per heavy atom. The first-order chi connectivity index (χ1) is 8.08. The molecule has 1 rings (SSSR count). The van der Waals surface area contributed by atoms with Gasteiger partial charge in [0, 0.05) is 6.54 Å². The molecule has 90 valence electrons. The highest BCUT2D eigenvalue weighted by Gasteiger charge is 2.15. The van der Waals surface area contributed by atoms with Crippen LogP contribution in [0.5, 0.6) is 5.75 Å². The van der Waals surface area contributed by atoms with Crippen molar-refractivity contribution in [1.82, 2.24) is 0 Å². The third-order valence-corrected chi connectivity index (χ3v) is 2.22. The molecule has 6 nitrogen and oxygen atoms in total. The van der Waals surface area contributed by atoms with Crippen LogP contribution in [-0.4, -0.2) is 18.6 Å². The molecule has 1 unspecified atom stereocenters. The zero-order valence-electron chi connectivity index (χ0n) is 9.64. The third kappa shape index (κ3) is 3.34. The van der Waals surface area contributed by atoms with Crippen molar-refractivity contribution in [1.29, 1.82) is 5.26 Å². The van der Waals surface area contributed by atoms with Crippen LogP contribution in [-0.2, 0) is 0 Å². The van der Waals surface area contributed by atoms with Gasteiger partial charge in [-0.2, -0.15) is 5.26 Å². The van der Waals surface area contributed by atoms with Gasteiger partial charge in [-0.15, -0.1) is 0 Å². The number of hydrogen-bond acceptors (Lipinski definition) is 5. The summed E-state index contributed by atoms with van der Waals surface area (Å²) < 4.78 is 4.92. The van der Waals surface area contributed by atoms with Crippen LogP contribution >= 0.6 is 0 Å². The Labute approximate surface area is 99.0 Å². The molecule has 1 aromatic carbocycles. The average molecular weight is 235 g/mol. The molecule has 0 saturated heterocycles. The maximum absolute atomic E-state index is 10.8. The van der Waals surface area contributed by atoms with Gasteiger partial charge < -0.3 is 10.1 Å². The molecule has 1 aromatic rings. The zero-order chi connectivity index (χ0) is 12.8. The lowest BCUT2D eigenvalue weighted by atomic mass is 10.2. The van der Waals surface area contributed by atoms with Crippen LogP contribution in [0.4, 0.5) is 11.4 Å². The molecule has 0 amide bonds. The average Bonchev–Trinajstić information content (AvgIpc) is 2.35. The monoisotopic (exact) mass is 235 g/mol. The molecule has 0 heterocycles. The summed E-state index contributed by atoms with van der Waals surface area (Å²) >= 11 is 0. The Bertz CT molecular complexity index is 454. The van der Waals surface area contributed by atoms with Gasteiger partial charge in [0.25, 0.3) is 5.69 Å². The van der Waals surface area contributed by atoms with E-state index in [0.29, 0.717) is 18.0 Å². The second kappa shape index (κ2) is 5.70. The molecule has 0 aromatic heterocycles. The first-order valence-corrected chi connectivity index (χ1v) is 5.04. The minimum atomic E-state index is -0.484. The normalized spacial score (nSPS) is 11.4. The molecule has 1 atom stereocenters. The van der Waals surface area contributed by atoms with Crippen molar-refractivity contribution in [3.8, 4) is 11.8 Å². The number of benzene rings is 1. The van der Waals surface area contributed by atoms with E-state index in [1.54, 1.807) is 19.1 Å². The van der Waals surface area contributed by atoms with Crippen LogP contribution in [0.2, 0.25) is 0 Å². The number of nitro benzene ring substituents is 1. The first-order valence-electron chi connectivity index (χ1n) is 5.04. The van der Waals surface area contributed by atoms with Gasteiger partial charge in [0.05, 0.1) is 30.1 Å². The highest BCUT2D eigenvalue weighted by Crippen LogP contribution is 2.28. The Balaban J connectivity index is 2.91. The van der Waals surface area contributed by atoms with Crippen molar-refractivity contribution in [2.75, 3.05) is 19.0 Å². The highest BCUT2D eigenvalue weighted by atomic mass is 16.6. The molecule has 1 N–H and O–H groups in total. The van der Waals surface area contributed by atoms with E-state index < -0.39 is 4.92 Å². The van der Waals surface area contributed by atoms with Crippen molar-refractivity contribution in [2.45, 2.75) is 6.92 Å². The van der Waals surface area contributed by atoms with Gasteiger partial charge in [0.1, 0.15) is 11.4 Å². The molecule has 0 saturated carbocycles. The van der Waals surface area contributed by atoms with Gasteiger partial charge in [0.2, 0.25) is 0 Å². The SMILES string of the molecule is COc1ccc(NCC(C)C#N)c([N+](=O)[O-])c1. The third-order valence-electron chi connectivity index (χ3n) is 2.22. The Hall–Kier alpha value is -2.29. The molecule has 0 fully saturated rings. The van der Waals surface area contributed by atoms with Gasteiger partial charge in [0.15, 0.2) is 0 Å². The fourth-order valence-electron chi connectivity index (χ4n) is 1.25. The van der Waals surface area contributed by atoms with Crippen LogP contribution in [0.3, 0.4) is 0 Å². The van der Waals surface area contributed by atoms with E-state index in [9.17, 15) is 10.1 Å². The summed E-state index contributed by atoms with van der Waals surface area (Å²) in [6, 6.07) is 6.60. The van der Waals surface area contributed by atoms with Crippen LogP contribution in [0.25, 0.3) is 0 Å². The van der Waals surface area contributed by atoms with Crippen molar-refractivity contribution < 1.29 is 9.66 Å². The molecule has 17 heavy (non-hydrogen) atoms. The number of nitrogens with zero attached hydrogens (tertiary/aromatic N) is 2. The van der Waals surface area contributed by atoms with Crippen LogP contribution < -0.4 is 10.1 Å². The van der Waals surface area contributed by atoms with Crippen molar-refractivity contribution >= 4 is 11.4 Å². The maximum atomic E-state index is 10.8. The predicted octanol–water partition coefficient (Wildman–Crippen LogP) is 2.17. The van der Waals surface area contributed by atoms with Gasteiger partial charge in [-0.25, -0.2) is 0 Å². The van der Waals surface area contributed by atoms with Crippen molar-refractivity contribution in [2.24, 2.45) is 5.92 Å². The van der Waals surface area contributed by atoms with Gasteiger partial charge >= 0.3 is 0 Å². The minimum Gasteiger partial charge on any atom is -0.496 e. The molecular formula is C11H13N3O3. The minimum absolute atomic E-state index is 0.0607. The van der Waals surface area contributed by atoms with E-state index in [4.69, 9.17) is 10.00 Å². The number of ether oxygens (including phenoxy) is 1. The van der Waals surface area contributed by atoms with Crippen LogP contribution in [0.1, 0.15) is 6.92 Å².